The topological polar surface area (TPSA) is 150 Å². The first kappa shape index (κ1) is 23.7. The number of fused-ring (bicyclic) bond motifs is 2. The molecular formula is C17H19I2N9O2. The summed E-state index contributed by atoms with van der Waals surface area (Å²) in [6, 6.07) is 7.59. The standard InChI is InChI=1S/C6H5IN4.C6H6N4.C4H4INO2.CH4/c7-5-2-1-4-6(8)9-3-10-11(4)5;7-6-5-2-1-3-10(5)9-4-8-6;5-6-3(7)1-2-4(6)8;/h1-3H,(H2,8,9,10);1-4H,(H2,7,8,9);1-2H2;1H4. The minimum absolute atomic E-state index is 0. The van der Waals surface area contributed by atoms with Crippen molar-refractivity contribution in [3.8, 4) is 0 Å². The highest BCUT2D eigenvalue weighted by atomic mass is 127. The number of nitrogen functional groups attached to an aromatic ring is 2. The van der Waals surface area contributed by atoms with Crippen molar-refractivity contribution in [3.05, 3.63) is 46.8 Å². The fraction of sp³-hybridized carbons (Fsp3) is 0.176. The summed E-state index contributed by atoms with van der Waals surface area (Å²) in [5, 5.41) is 7.95. The number of amides is 2. The van der Waals surface area contributed by atoms with Crippen LogP contribution in [0, 0.1) is 3.70 Å². The number of carbonyl (C=O) groups excluding carboxylic acids is 2. The van der Waals surface area contributed by atoms with Crippen molar-refractivity contribution in [2.24, 2.45) is 0 Å². The lowest BCUT2D eigenvalue weighted by Gasteiger charge is -1.97. The molecule has 1 saturated heterocycles. The van der Waals surface area contributed by atoms with Crippen LogP contribution in [0.1, 0.15) is 20.3 Å². The Morgan fingerprint density at radius 3 is 2.03 bits per heavy atom. The number of hydrogen-bond acceptors (Lipinski definition) is 8. The quantitative estimate of drug-likeness (QED) is 0.170. The smallest absolute Gasteiger partial charge is 0.238 e. The van der Waals surface area contributed by atoms with Crippen molar-refractivity contribution >= 4 is 79.9 Å². The summed E-state index contributed by atoms with van der Waals surface area (Å²) >= 11 is 3.91. The van der Waals surface area contributed by atoms with Gasteiger partial charge >= 0.3 is 0 Å². The third-order valence-electron chi connectivity index (χ3n) is 3.79. The first-order valence-electron chi connectivity index (χ1n) is 8.17. The van der Waals surface area contributed by atoms with E-state index in [2.05, 4.69) is 42.8 Å². The van der Waals surface area contributed by atoms with Gasteiger partial charge in [-0.3, -0.25) is 9.59 Å². The first-order chi connectivity index (χ1) is 13.9. The van der Waals surface area contributed by atoms with E-state index in [-0.39, 0.29) is 19.2 Å². The molecule has 0 unspecified atom stereocenters. The van der Waals surface area contributed by atoms with E-state index in [1.165, 1.54) is 12.7 Å². The predicted octanol–water partition coefficient (Wildman–Crippen LogP) is 2.35. The number of hydrogen-bond donors (Lipinski definition) is 2. The monoisotopic (exact) mass is 635 g/mol. The Morgan fingerprint density at radius 1 is 0.900 bits per heavy atom. The van der Waals surface area contributed by atoms with E-state index in [0.29, 0.717) is 24.5 Å². The van der Waals surface area contributed by atoms with Crippen LogP contribution in [0.5, 0.6) is 0 Å². The van der Waals surface area contributed by atoms with Gasteiger partial charge in [0.05, 0.1) is 22.9 Å². The van der Waals surface area contributed by atoms with Crippen LogP contribution in [0.3, 0.4) is 0 Å². The van der Waals surface area contributed by atoms with Gasteiger partial charge in [0.25, 0.3) is 0 Å². The van der Waals surface area contributed by atoms with Gasteiger partial charge in [-0.25, -0.2) is 22.1 Å². The van der Waals surface area contributed by atoms with Gasteiger partial charge in [0.1, 0.15) is 27.4 Å². The molecule has 5 rings (SSSR count). The number of anilines is 2. The molecular weight excluding hydrogens is 616 g/mol. The van der Waals surface area contributed by atoms with E-state index < -0.39 is 0 Å². The van der Waals surface area contributed by atoms with Gasteiger partial charge < -0.3 is 11.5 Å². The largest absolute Gasteiger partial charge is 0.382 e. The zero-order valence-electron chi connectivity index (χ0n) is 14.8. The molecule has 4 aromatic heterocycles. The summed E-state index contributed by atoms with van der Waals surface area (Å²) in [6.07, 6.45) is 5.49. The Balaban J connectivity index is 0.000000160. The minimum atomic E-state index is -0.0735. The van der Waals surface area contributed by atoms with E-state index >= 15 is 0 Å². The van der Waals surface area contributed by atoms with E-state index in [1.54, 1.807) is 31.9 Å². The average Bonchev–Trinajstić information content (AvgIpc) is 3.41. The van der Waals surface area contributed by atoms with Gasteiger partial charge in [0, 0.05) is 19.0 Å². The maximum Gasteiger partial charge on any atom is 0.238 e. The number of carbonyl (C=O) groups is 2. The highest BCUT2D eigenvalue weighted by Crippen LogP contribution is 2.15. The molecule has 11 nitrogen and oxygen atoms in total. The number of halogens is 2. The number of aromatic nitrogens is 6. The second-order valence-electron chi connectivity index (χ2n) is 5.65. The fourth-order valence-electron chi connectivity index (χ4n) is 2.36. The normalized spacial score (nSPS) is 12.8. The lowest BCUT2D eigenvalue weighted by molar-refractivity contribution is -0.130. The second kappa shape index (κ2) is 10.5. The highest BCUT2D eigenvalue weighted by Gasteiger charge is 2.26. The Labute approximate surface area is 199 Å². The second-order valence-corrected chi connectivity index (χ2v) is 7.72. The first-order valence-corrected chi connectivity index (χ1v) is 10.2. The van der Waals surface area contributed by atoms with Crippen LogP contribution in [0.25, 0.3) is 11.0 Å². The van der Waals surface area contributed by atoms with Gasteiger partial charge in [-0.15, -0.1) is 0 Å². The van der Waals surface area contributed by atoms with Crippen molar-refractivity contribution < 1.29 is 9.59 Å². The predicted molar refractivity (Wildman–Crippen MR) is 129 cm³/mol. The number of rotatable bonds is 0. The van der Waals surface area contributed by atoms with Crippen LogP contribution in [0.15, 0.2) is 43.1 Å². The van der Waals surface area contributed by atoms with Crippen molar-refractivity contribution in [2.75, 3.05) is 11.5 Å². The molecule has 0 radical (unpaired) electrons. The molecule has 1 aliphatic rings. The van der Waals surface area contributed by atoms with Crippen molar-refractivity contribution in [1.82, 2.24) is 32.3 Å². The number of nitrogens with zero attached hydrogens (tertiary/aromatic N) is 7. The number of nitrogens with two attached hydrogens (primary N) is 2. The molecule has 30 heavy (non-hydrogen) atoms. The van der Waals surface area contributed by atoms with Crippen LogP contribution in [-0.2, 0) is 9.59 Å². The molecule has 4 aromatic rings. The van der Waals surface area contributed by atoms with E-state index in [0.717, 1.165) is 17.8 Å². The van der Waals surface area contributed by atoms with E-state index in [4.69, 9.17) is 11.5 Å². The average molecular weight is 635 g/mol. The molecule has 2 amide bonds. The molecule has 0 aliphatic carbocycles. The third kappa shape index (κ3) is 5.32. The molecule has 0 bridgehead atoms. The number of imide groups is 1. The van der Waals surface area contributed by atoms with Crippen molar-refractivity contribution in [3.63, 3.8) is 0 Å². The van der Waals surface area contributed by atoms with E-state index in [1.807, 2.05) is 30.5 Å². The van der Waals surface area contributed by atoms with Crippen molar-refractivity contribution in [2.45, 2.75) is 20.3 Å². The summed E-state index contributed by atoms with van der Waals surface area (Å²) in [4.78, 5) is 28.7. The van der Waals surface area contributed by atoms with Gasteiger partial charge in [-0.05, 0) is 46.9 Å². The Hall–Kier alpha value is -2.56. The zero-order chi connectivity index (χ0) is 21.0. The Bertz CT molecular complexity index is 1160. The zero-order valence-corrected chi connectivity index (χ0v) is 19.1. The summed E-state index contributed by atoms with van der Waals surface area (Å²) in [5.41, 5.74) is 12.8. The SMILES string of the molecule is C.Nc1ncnn2c(I)ccc12.Nc1ncnn2cccc12.O=C1CCC(=O)N1I. The molecule has 5 heterocycles. The van der Waals surface area contributed by atoms with Gasteiger partial charge in [0.2, 0.25) is 11.8 Å². The maximum absolute atomic E-state index is 10.5. The molecule has 0 aromatic carbocycles. The molecule has 0 atom stereocenters. The summed E-state index contributed by atoms with van der Waals surface area (Å²) in [6.45, 7) is 0. The third-order valence-corrected chi connectivity index (χ3v) is 5.68. The maximum atomic E-state index is 10.5. The van der Waals surface area contributed by atoms with Crippen LogP contribution in [0.2, 0.25) is 0 Å². The molecule has 0 spiro atoms. The van der Waals surface area contributed by atoms with Crippen LogP contribution < -0.4 is 11.5 Å². The van der Waals surface area contributed by atoms with Crippen LogP contribution in [0.4, 0.5) is 11.6 Å². The molecule has 13 heteroatoms. The minimum Gasteiger partial charge on any atom is -0.382 e. The molecule has 158 valence electrons. The Morgan fingerprint density at radius 2 is 1.50 bits per heavy atom. The fourth-order valence-corrected chi connectivity index (χ4v) is 3.40. The molecule has 4 N–H and O–H groups in total. The van der Waals surface area contributed by atoms with Gasteiger partial charge in [-0.2, -0.15) is 10.2 Å². The molecule has 1 aliphatic heterocycles. The lowest BCUT2D eigenvalue weighted by atomic mass is 10.4. The van der Waals surface area contributed by atoms with Gasteiger partial charge in [0.15, 0.2) is 11.6 Å². The summed E-state index contributed by atoms with van der Waals surface area (Å²) < 4.78 is 5.61. The molecule has 0 saturated carbocycles. The summed E-state index contributed by atoms with van der Waals surface area (Å²) in [5.74, 6) is 0.883. The van der Waals surface area contributed by atoms with Crippen LogP contribution in [-0.4, -0.2) is 44.1 Å². The molecule has 1 fully saturated rings. The van der Waals surface area contributed by atoms with Crippen LogP contribution >= 0.6 is 45.5 Å². The summed E-state index contributed by atoms with van der Waals surface area (Å²) in [7, 11) is 0. The van der Waals surface area contributed by atoms with Gasteiger partial charge in [-0.1, -0.05) is 7.43 Å². The van der Waals surface area contributed by atoms with E-state index in [9.17, 15) is 9.59 Å². The lowest BCUT2D eigenvalue weighted by Crippen LogP contribution is -2.16. The highest BCUT2D eigenvalue weighted by molar-refractivity contribution is 14.1. The Kier molecular flexibility index (Phi) is 8.27. The van der Waals surface area contributed by atoms with Crippen molar-refractivity contribution in [1.29, 1.82) is 0 Å².